The topological polar surface area (TPSA) is 90.8 Å². The molecule has 0 aliphatic heterocycles. The van der Waals surface area contributed by atoms with Crippen LogP contribution in [0.1, 0.15) is 5.56 Å². The maximum atomic E-state index is 10.9. The van der Waals surface area contributed by atoms with Gasteiger partial charge in [0.1, 0.15) is 5.75 Å². The quantitative estimate of drug-likeness (QED) is 0.360. The van der Waals surface area contributed by atoms with E-state index in [-0.39, 0.29) is 5.75 Å². The largest absolute Gasteiger partial charge is 0.507 e. The second-order valence-electron chi connectivity index (χ2n) is 2.84. The molecule has 84 valence electrons. The number of carbonyl (C=O) groups is 2. The summed E-state index contributed by atoms with van der Waals surface area (Å²) in [6.07, 6.45) is 1.25. The Morgan fingerprint density at radius 2 is 2.00 bits per heavy atom. The van der Waals surface area contributed by atoms with Gasteiger partial charge in [0.05, 0.1) is 6.21 Å². The third-order valence-electron chi connectivity index (χ3n) is 1.74. The smallest absolute Gasteiger partial charge is 0.329 e. The summed E-state index contributed by atoms with van der Waals surface area (Å²) in [4.78, 5) is 21.7. The molecular formula is C10H11N3O3. The van der Waals surface area contributed by atoms with Crippen molar-refractivity contribution in [3.63, 3.8) is 0 Å². The summed E-state index contributed by atoms with van der Waals surface area (Å²) in [5.41, 5.74) is 2.46. The second kappa shape index (κ2) is 5.50. The van der Waals surface area contributed by atoms with Gasteiger partial charge in [-0.15, -0.1) is 0 Å². The van der Waals surface area contributed by atoms with Gasteiger partial charge >= 0.3 is 11.8 Å². The van der Waals surface area contributed by atoms with Crippen molar-refractivity contribution in [3.05, 3.63) is 29.8 Å². The zero-order valence-electron chi connectivity index (χ0n) is 8.60. The first-order valence-corrected chi connectivity index (χ1v) is 4.48. The number of hydrogen-bond donors (Lipinski definition) is 3. The SMILES string of the molecule is CNC(=O)C(=O)N/N=C\c1ccccc1O. The molecule has 0 bridgehead atoms. The number of carbonyl (C=O) groups excluding carboxylic acids is 2. The minimum absolute atomic E-state index is 0.0421. The lowest BCUT2D eigenvalue weighted by atomic mass is 10.2. The average Bonchev–Trinajstić information content (AvgIpc) is 2.30. The highest BCUT2D eigenvalue weighted by Gasteiger charge is 2.08. The fraction of sp³-hybridized carbons (Fsp3) is 0.100. The molecule has 0 aromatic heterocycles. The third-order valence-corrected chi connectivity index (χ3v) is 1.74. The molecule has 16 heavy (non-hydrogen) atoms. The minimum Gasteiger partial charge on any atom is -0.507 e. The van der Waals surface area contributed by atoms with Crippen LogP contribution in [0.15, 0.2) is 29.4 Å². The van der Waals surface area contributed by atoms with Crippen LogP contribution in [0.4, 0.5) is 0 Å². The summed E-state index contributed by atoms with van der Waals surface area (Å²) >= 11 is 0. The number of nitrogens with zero attached hydrogens (tertiary/aromatic N) is 1. The van der Waals surface area contributed by atoms with Crippen LogP contribution in [0.25, 0.3) is 0 Å². The van der Waals surface area contributed by atoms with Gasteiger partial charge in [0, 0.05) is 12.6 Å². The number of nitrogens with one attached hydrogen (secondary N) is 2. The molecule has 6 heteroatoms. The Morgan fingerprint density at radius 3 is 2.62 bits per heavy atom. The van der Waals surface area contributed by atoms with Crippen molar-refractivity contribution in [2.45, 2.75) is 0 Å². The normalized spacial score (nSPS) is 10.1. The summed E-state index contributed by atoms with van der Waals surface area (Å²) < 4.78 is 0. The van der Waals surface area contributed by atoms with Crippen molar-refractivity contribution in [1.29, 1.82) is 0 Å². The Balaban J connectivity index is 2.59. The molecule has 2 amide bonds. The fourth-order valence-electron chi connectivity index (χ4n) is 0.921. The molecule has 0 heterocycles. The highest BCUT2D eigenvalue weighted by atomic mass is 16.3. The Morgan fingerprint density at radius 1 is 1.31 bits per heavy atom. The van der Waals surface area contributed by atoms with Gasteiger partial charge in [-0.2, -0.15) is 5.10 Å². The molecule has 0 saturated carbocycles. The number of phenolic OH excluding ortho intramolecular Hbond substituents is 1. The van der Waals surface area contributed by atoms with Gasteiger partial charge < -0.3 is 10.4 Å². The van der Waals surface area contributed by atoms with Gasteiger partial charge in [-0.1, -0.05) is 12.1 Å². The number of phenols is 1. The van der Waals surface area contributed by atoms with E-state index in [4.69, 9.17) is 0 Å². The molecule has 0 spiro atoms. The van der Waals surface area contributed by atoms with Crippen molar-refractivity contribution in [3.8, 4) is 5.75 Å². The van der Waals surface area contributed by atoms with Crippen LogP contribution in [0.3, 0.4) is 0 Å². The Bertz CT molecular complexity index is 429. The molecule has 0 radical (unpaired) electrons. The van der Waals surface area contributed by atoms with E-state index < -0.39 is 11.8 Å². The van der Waals surface area contributed by atoms with Crippen molar-refractivity contribution in [2.24, 2.45) is 5.10 Å². The number of hydrogen-bond acceptors (Lipinski definition) is 4. The van der Waals surface area contributed by atoms with Gasteiger partial charge in [-0.05, 0) is 12.1 Å². The molecule has 0 aliphatic rings. The molecule has 0 aliphatic carbocycles. The van der Waals surface area contributed by atoms with Crippen LogP contribution in [0.5, 0.6) is 5.75 Å². The lowest BCUT2D eigenvalue weighted by Crippen LogP contribution is -2.35. The van der Waals surface area contributed by atoms with Crippen LogP contribution in [0.2, 0.25) is 0 Å². The minimum atomic E-state index is -0.867. The molecule has 0 unspecified atom stereocenters. The van der Waals surface area contributed by atoms with E-state index in [2.05, 4.69) is 10.4 Å². The lowest BCUT2D eigenvalue weighted by Gasteiger charge is -1.98. The van der Waals surface area contributed by atoms with Crippen molar-refractivity contribution in [1.82, 2.24) is 10.7 Å². The second-order valence-corrected chi connectivity index (χ2v) is 2.84. The average molecular weight is 221 g/mol. The van der Waals surface area contributed by atoms with E-state index in [9.17, 15) is 14.7 Å². The first-order chi connectivity index (χ1) is 7.65. The zero-order chi connectivity index (χ0) is 12.0. The summed E-state index contributed by atoms with van der Waals surface area (Å²) in [7, 11) is 1.34. The Kier molecular flexibility index (Phi) is 4.02. The van der Waals surface area contributed by atoms with E-state index in [1.807, 2.05) is 5.43 Å². The van der Waals surface area contributed by atoms with Gasteiger partial charge in [-0.25, -0.2) is 5.43 Å². The van der Waals surface area contributed by atoms with Crippen molar-refractivity contribution < 1.29 is 14.7 Å². The van der Waals surface area contributed by atoms with Crippen LogP contribution < -0.4 is 10.7 Å². The van der Waals surface area contributed by atoms with E-state index in [0.717, 1.165) is 0 Å². The number of hydrazone groups is 1. The van der Waals surface area contributed by atoms with Gasteiger partial charge in [0.25, 0.3) is 0 Å². The van der Waals surface area contributed by atoms with Crippen LogP contribution in [-0.2, 0) is 9.59 Å². The van der Waals surface area contributed by atoms with E-state index in [1.54, 1.807) is 18.2 Å². The van der Waals surface area contributed by atoms with Crippen molar-refractivity contribution >= 4 is 18.0 Å². The fourth-order valence-corrected chi connectivity index (χ4v) is 0.921. The van der Waals surface area contributed by atoms with Crippen molar-refractivity contribution in [2.75, 3.05) is 7.05 Å². The first kappa shape index (κ1) is 11.7. The van der Waals surface area contributed by atoms with Crippen LogP contribution >= 0.6 is 0 Å². The van der Waals surface area contributed by atoms with Gasteiger partial charge in [0.2, 0.25) is 0 Å². The van der Waals surface area contributed by atoms with E-state index in [0.29, 0.717) is 5.56 Å². The standard InChI is InChI=1S/C10H11N3O3/c1-11-9(15)10(16)13-12-6-7-4-2-3-5-8(7)14/h2-6,14H,1H3,(H,11,15)(H,13,16)/b12-6-. The third kappa shape index (κ3) is 3.09. The number of aromatic hydroxyl groups is 1. The zero-order valence-corrected chi connectivity index (χ0v) is 8.60. The predicted octanol–water partition coefficient (Wildman–Crippen LogP) is -0.412. The molecule has 0 fully saturated rings. The number of benzene rings is 1. The monoisotopic (exact) mass is 221 g/mol. The molecule has 6 nitrogen and oxygen atoms in total. The molecule has 0 saturated heterocycles. The summed E-state index contributed by atoms with van der Waals surface area (Å²) in [5.74, 6) is -1.61. The number of para-hydroxylation sites is 1. The summed E-state index contributed by atoms with van der Waals surface area (Å²) in [6, 6.07) is 6.48. The van der Waals surface area contributed by atoms with Crippen LogP contribution in [0, 0.1) is 0 Å². The summed E-state index contributed by atoms with van der Waals surface area (Å²) in [6.45, 7) is 0. The maximum absolute atomic E-state index is 10.9. The first-order valence-electron chi connectivity index (χ1n) is 4.48. The number of likely N-dealkylation sites (N-methyl/N-ethyl adjacent to an activating group) is 1. The molecular weight excluding hydrogens is 210 g/mol. The number of rotatable bonds is 2. The van der Waals surface area contributed by atoms with Gasteiger partial charge in [-0.3, -0.25) is 9.59 Å². The lowest BCUT2D eigenvalue weighted by molar-refractivity contribution is -0.138. The van der Waals surface area contributed by atoms with E-state index >= 15 is 0 Å². The predicted molar refractivity (Wildman–Crippen MR) is 57.9 cm³/mol. The number of amides is 2. The molecule has 0 atom stereocenters. The van der Waals surface area contributed by atoms with Gasteiger partial charge in [0.15, 0.2) is 0 Å². The Labute approximate surface area is 92.0 Å². The maximum Gasteiger partial charge on any atom is 0.329 e. The molecule has 1 aromatic carbocycles. The summed E-state index contributed by atoms with van der Waals surface area (Å²) in [5, 5.41) is 15.0. The van der Waals surface area contributed by atoms with E-state index in [1.165, 1.54) is 19.3 Å². The highest BCUT2D eigenvalue weighted by Crippen LogP contribution is 2.12. The molecule has 1 aromatic rings. The highest BCUT2D eigenvalue weighted by molar-refractivity contribution is 6.34. The molecule has 3 N–H and O–H groups in total. The molecule has 1 rings (SSSR count). The Hall–Kier alpha value is -2.37. The van der Waals surface area contributed by atoms with Crippen LogP contribution in [-0.4, -0.2) is 30.2 Å².